The Labute approximate surface area is 74.1 Å². The molecule has 0 fully saturated rings. The molecule has 0 rings (SSSR count). The Morgan fingerprint density at radius 3 is 2.33 bits per heavy atom. The summed E-state index contributed by atoms with van der Waals surface area (Å²) in [7, 11) is 3.57. The van der Waals surface area contributed by atoms with Crippen LogP contribution in [0.25, 0.3) is 0 Å². The van der Waals surface area contributed by atoms with Crippen molar-refractivity contribution in [2.75, 3.05) is 14.1 Å². The molecule has 0 saturated heterocycles. The van der Waals surface area contributed by atoms with Gasteiger partial charge in [-0.15, -0.1) is 0 Å². The van der Waals surface area contributed by atoms with Crippen molar-refractivity contribution < 1.29 is 4.79 Å². The highest BCUT2D eigenvalue weighted by Crippen LogP contribution is 2.06. The summed E-state index contributed by atoms with van der Waals surface area (Å²) in [6, 6.07) is 0. The Morgan fingerprint density at radius 1 is 1.50 bits per heavy atom. The minimum absolute atomic E-state index is 0.0125. The van der Waals surface area contributed by atoms with E-state index in [0.717, 1.165) is 0 Å². The van der Waals surface area contributed by atoms with Crippen LogP contribution in [0.3, 0.4) is 0 Å². The van der Waals surface area contributed by atoms with E-state index in [0.29, 0.717) is 12.8 Å². The number of rotatable bonds is 4. The Balaban J connectivity index is 3.58. The molecule has 0 atom stereocenters. The maximum absolute atomic E-state index is 11.1. The molecule has 0 aliphatic carbocycles. The van der Waals surface area contributed by atoms with Crippen molar-refractivity contribution in [3.8, 4) is 0 Å². The number of hydrogen-bond donors (Lipinski definition) is 2. The van der Waals surface area contributed by atoms with Crippen molar-refractivity contribution in [2.45, 2.75) is 32.2 Å². The van der Waals surface area contributed by atoms with Gasteiger partial charge < -0.3 is 5.73 Å². The van der Waals surface area contributed by atoms with Crippen LogP contribution in [0.5, 0.6) is 0 Å². The molecule has 0 bridgehead atoms. The van der Waals surface area contributed by atoms with Crippen LogP contribution in [0.15, 0.2) is 0 Å². The fourth-order valence-electron chi connectivity index (χ4n) is 0.741. The summed E-state index contributed by atoms with van der Waals surface area (Å²) in [5.74, 6) is 0.0125. The second kappa shape index (κ2) is 4.42. The number of hydrazine groups is 1. The fraction of sp³-hybridized carbons (Fsp3) is 0.875. The van der Waals surface area contributed by atoms with Crippen LogP contribution < -0.4 is 11.2 Å². The molecule has 0 aromatic carbocycles. The van der Waals surface area contributed by atoms with E-state index in [4.69, 9.17) is 5.73 Å². The van der Waals surface area contributed by atoms with Crippen molar-refractivity contribution in [3.63, 3.8) is 0 Å². The van der Waals surface area contributed by atoms with Gasteiger partial charge in [-0.05, 0) is 20.3 Å². The van der Waals surface area contributed by atoms with E-state index in [2.05, 4.69) is 5.43 Å². The highest BCUT2D eigenvalue weighted by atomic mass is 16.2. The summed E-state index contributed by atoms with van der Waals surface area (Å²) in [5.41, 5.74) is 8.11. The highest BCUT2D eigenvalue weighted by molar-refractivity contribution is 5.75. The molecule has 12 heavy (non-hydrogen) atoms. The zero-order valence-corrected chi connectivity index (χ0v) is 8.35. The largest absolute Gasteiger partial charge is 0.326 e. The van der Waals surface area contributed by atoms with E-state index < -0.39 is 0 Å². The predicted molar refractivity (Wildman–Crippen MR) is 49.3 cm³/mol. The van der Waals surface area contributed by atoms with Gasteiger partial charge in [0.05, 0.1) is 0 Å². The third-order valence-electron chi connectivity index (χ3n) is 1.34. The Kier molecular flexibility index (Phi) is 4.20. The van der Waals surface area contributed by atoms with Gasteiger partial charge in [0.2, 0.25) is 5.91 Å². The van der Waals surface area contributed by atoms with Crippen molar-refractivity contribution in [3.05, 3.63) is 0 Å². The van der Waals surface area contributed by atoms with E-state index in [1.54, 1.807) is 19.1 Å². The molecule has 3 N–H and O–H groups in total. The lowest BCUT2D eigenvalue weighted by atomic mass is 10.0. The summed E-state index contributed by atoms with van der Waals surface area (Å²) in [6.07, 6.45) is 1.17. The summed E-state index contributed by atoms with van der Waals surface area (Å²) in [4.78, 5) is 11.1. The van der Waals surface area contributed by atoms with Crippen LogP contribution in [-0.4, -0.2) is 30.6 Å². The van der Waals surface area contributed by atoms with E-state index in [-0.39, 0.29) is 11.4 Å². The lowest BCUT2D eigenvalue weighted by molar-refractivity contribution is -0.125. The zero-order chi connectivity index (χ0) is 9.78. The molecule has 72 valence electrons. The number of hydrogen-bond acceptors (Lipinski definition) is 3. The third kappa shape index (κ3) is 7.50. The molecular weight excluding hydrogens is 154 g/mol. The van der Waals surface area contributed by atoms with Crippen LogP contribution in [-0.2, 0) is 4.79 Å². The molecule has 0 aromatic rings. The molecule has 4 heteroatoms. The van der Waals surface area contributed by atoms with Gasteiger partial charge >= 0.3 is 0 Å². The number of nitrogens with zero attached hydrogens (tertiary/aromatic N) is 1. The summed E-state index contributed by atoms with van der Waals surface area (Å²) in [6.45, 7) is 3.83. The van der Waals surface area contributed by atoms with E-state index in [1.165, 1.54) is 0 Å². The van der Waals surface area contributed by atoms with Gasteiger partial charge in [-0.1, -0.05) is 0 Å². The standard InChI is InChI=1S/C8H19N3O/c1-8(2,9)6-5-7(12)10-11(3)4/h5-6,9H2,1-4H3,(H,10,12). The number of carbonyl (C=O) groups is 1. The molecule has 4 nitrogen and oxygen atoms in total. The highest BCUT2D eigenvalue weighted by Gasteiger charge is 2.12. The lowest BCUT2D eigenvalue weighted by Gasteiger charge is -2.18. The monoisotopic (exact) mass is 173 g/mol. The van der Waals surface area contributed by atoms with Crippen LogP contribution in [0.1, 0.15) is 26.7 Å². The first-order valence-corrected chi connectivity index (χ1v) is 4.07. The zero-order valence-electron chi connectivity index (χ0n) is 8.35. The Bertz CT molecular complexity index is 149. The first-order valence-electron chi connectivity index (χ1n) is 4.07. The van der Waals surface area contributed by atoms with Crippen molar-refractivity contribution in [2.24, 2.45) is 5.73 Å². The summed E-state index contributed by atoms with van der Waals surface area (Å²) < 4.78 is 0. The molecule has 0 aliphatic rings. The second-order valence-electron chi connectivity index (χ2n) is 3.92. The number of carbonyl (C=O) groups excluding carboxylic acids is 1. The molecule has 0 aromatic heterocycles. The predicted octanol–water partition coefficient (Wildman–Crippen LogP) is 0.0967. The van der Waals surface area contributed by atoms with Crippen LogP contribution >= 0.6 is 0 Å². The second-order valence-corrected chi connectivity index (χ2v) is 3.92. The van der Waals surface area contributed by atoms with Gasteiger partial charge in [-0.3, -0.25) is 10.2 Å². The maximum atomic E-state index is 11.1. The van der Waals surface area contributed by atoms with Crippen LogP contribution in [0, 0.1) is 0 Å². The average Bonchev–Trinajstić information content (AvgIpc) is 1.80. The van der Waals surface area contributed by atoms with Crippen molar-refractivity contribution >= 4 is 5.91 Å². The minimum Gasteiger partial charge on any atom is -0.326 e. The maximum Gasteiger partial charge on any atom is 0.234 e. The summed E-state index contributed by atoms with van der Waals surface area (Å²) >= 11 is 0. The van der Waals surface area contributed by atoms with Gasteiger partial charge in [0.1, 0.15) is 0 Å². The van der Waals surface area contributed by atoms with Gasteiger partial charge in [0.25, 0.3) is 0 Å². The fourth-order valence-corrected chi connectivity index (χ4v) is 0.741. The van der Waals surface area contributed by atoms with Crippen molar-refractivity contribution in [1.82, 2.24) is 10.4 Å². The number of nitrogens with two attached hydrogens (primary N) is 1. The summed E-state index contributed by atoms with van der Waals surface area (Å²) in [5, 5.41) is 1.63. The van der Waals surface area contributed by atoms with Crippen LogP contribution in [0.4, 0.5) is 0 Å². The topological polar surface area (TPSA) is 58.4 Å². The molecule has 0 radical (unpaired) electrons. The molecule has 0 saturated carbocycles. The van der Waals surface area contributed by atoms with E-state index in [1.807, 2.05) is 13.8 Å². The number of amides is 1. The lowest BCUT2D eigenvalue weighted by Crippen LogP contribution is -2.39. The first-order chi connectivity index (χ1) is 5.31. The Hall–Kier alpha value is -0.610. The van der Waals surface area contributed by atoms with Gasteiger partial charge in [0, 0.05) is 26.1 Å². The van der Waals surface area contributed by atoms with Gasteiger partial charge in [-0.2, -0.15) is 0 Å². The third-order valence-corrected chi connectivity index (χ3v) is 1.34. The minimum atomic E-state index is -0.260. The molecule has 0 spiro atoms. The SMILES string of the molecule is CN(C)NC(=O)CCC(C)(C)N. The van der Waals surface area contributed by atoms with Gasteiger partial charge in [-0.25, -0.2) is 5.01 Å². The molecule has 0 aliphatic heterocycles. The molecule has 1 amide bonds. The normalized spacial score (nSPS) is 11.8. The first kappa shape index (κ1) is 11.4. The smallest absolute Gasteiger partial charge is 0.234 e. The van der Waals surface area contributed by atoms with Crippen molar-refractivity contribution in [1.29, 1.82) is 0 Å². The molecule has 0 unspecified atom stereocenters. The quantitative estimate of drug-likeness (QED) is 0.593. The van der Waals surface area contributed by atoms with Gasteiger partial charge in [0.15, 0.2) is 0 Å². The molecule has 0 heterocycles. The van der Waals surface area contributed by atoms with E-state index >= 15 is 0 Å². The van der Waals surface area contributed by atoms with Crippen LogP contribution in [0.2, 0.25) is 0 Å². The van der Waals surface area contributed by atoms with E-state index in [9.17, 15) is 4.79 Å². The number of nitrogens with one attached hydrogen (secondary N) is 1. The molecular formula is C8H19N3O. The Morgan fingerprint density at radius 2 is 2.00 bits per heavy atom. The average molecular weight is 173 g/mol.